The van der Waals surface area contributed by atoms with Crippen LogP contribution in [-0.2, 0) is 26.2 Å². The number of benzene rings is 3. The Morgan fingerprint density at radius 1 is 0.933 bits per heavy atom. The lowest BCUT2D eigenvalue weighted by Gasteiger charge is -2.33. The van der Waals surface area contributed by atoms with Crippen molar-refractivity contribution in [3.8, 4) is 17.2 Å². The van der Waals surface area contributed by atoms with E-state index in [-0.39, 0.29) is 45.6 Å². The van der Waals surface area contributed by atoms with Crippen molar-refractivity contribution in [2.45, 2.75) is 56.1 Å². The molecule has 0 aromatic heterocycles. The van der Waals surface area contributed by atoms with Crippen molar-refractivity contribution in [3.63, 3.8) is 0 Å². The third-order valence-corrected chi connectivity index (χ3v) is 10.3. The number of hydrogen-bond donors (Lipinski definition) is 1. The minimum absolute atomic E-state index is 0.0437. The van der Waals surface area contributed by atoms with Crippen LogP contribution >= 0.6 is 27.5 Å². The second-order valence-corrected chi connectivity index (χ2v) is 13.9. The summed E-state index contributed by atoms with van der Waals surface area (Å²) in [6, 6.07) is 15.2. The maximum atomic E-state index is 14.3. The maximum absolute atomic E-state index is 14.3. The van der Waals surface area contributed by atoms with E-state index in [4.69, 9.17) is 25.8 Å². The summed E-state index contributed by atoms with van der Waals surface area (Å²) in [5.41, 5.74) is 0.821. The predicted octanol–water partition coefficient (Wildman–Crippen LogP) is 5.80. The molecule has 1 unspecified atom stereocenters. The molecule has 0 spiro atoms. The van der Waals surface area contributed by atoms with Gasteiger partial charge in [0.05, 0.1) is 31.9 Å². The summed E-state index contributed by atoms with van der Waals surface area (Å²) in [6.07, 6.45) is 3.83. The van der Waals surface area contributed by atoms with Gasteiger partial charge in [0.1, 0.15) is 18.3 Å². The Balaban J connectivity index is 1.77. The number of nitrogens with zero attached hydrogens (tertiary/aromatic N) is 2. The topological polar surface area (TPSA) is 114 Å². The third-order valence-electron chi connectivity index (χ3n) is 7.77. The second kappa shape index (κ2) is 15.2. The number of ether oxygens (including phenoxy) is 3. The molecular formula is C32H37BrClN3O7S. The van der Waals surface area contributed by atoms with Crippen molar-refractivity contribution < 1.29 is 32.2 Å². The van der Waals surface area contributed by atoms with E-state index in [1.165, 1.54) is 56.6 Å². The fourth-order valence-corrected chi connectivity index (χ4v) is 7.10. The summed E-state index contributed by atoms with van der Waals surface area (Å²) in [7, 11) is -0.195. The molecule has 3 aromatic carbocycles. The van der Waals surface area contributed by atoms with E-state index < -0.39 is 28.5 Å². The molecule has 1 N–H and O–H groups in total. The molecule has 10 nitrogen and oxygen atoms in total. The summed E-state index contributed by atoms with van der Waals surface area (Å²) in [4.78, 5) is 29.0. The quantitative estimate of drug-likeness (QED) is 0.237. The number of nitrogens with one attached hydrogen (secondary N) is 1. The predicted molar refractivity (Wildman–Crippen MR) is 177 cm³/mol. The average molecular weight is 723 g/mol. The molecular weight excluding hydrogens is 686 g/mol. The number of carbonyl (C=O) groups excluding carboxylic acids is 2. The van der Waals surface area contributed by atoms with Gasteiger partial charge in [0.15, 0.2) is 11.5 Å². The molecule has 2 amide bonds. The van der Waals surface area contributed by atoms with Crippen LogP contribution < -0.4 is 23.8 Å². The number of sulfonamides is 1. The van der Waals surface area contributed by atoms with Crippen LogP contribution in [0.4, 0.5) is 5.69 Å². The molecule has 0 bridgehead atoms. The SMILES string of the molecule is COc1ccc(S(=O)(=O)N(CC(=O)N(Cc2ccc(Br)cc2)C(C)C(=O)NC2CCCC2)c2cc(Cl)ccc2OC)cc1OC. The Kier molecular flexibility index (Phi) is 11.6. The molecule has 13 heteroatoms. The summed E-state index contributed by atoms with van der Waals surface area (Å²) in [5, 5.41) is 3.30. The average Bonchev–Trinajstić information content (AvgIpc) is 3.55. The van der Waals surface area contributed by atoms with Crippen LogP contribution in [0.2, 0.25) is 5.02 Å². The minimum atomic E-state index is -4.43. The number of rotatable bonds is 13. The van der Waals surface area contributed by atoms with Crippen molar-refractivity contribution >= 4 is 55.1 Å². The molecule has 1 aliphatic carbocycles. The van der Waals surface area contributed by atoms with Gasteiger partial charge in [-0.25, -0.2) is 8.42 Å². The Morgan fingerprint density at radius 3 is 2.18 bits per heavy atom. The van der Waals surface area contributed by atoms with E-state index in [1.807, 2.05) is 24.3 Å². The van der Waals surface area contributed by atoms with Crippen LogP contribution in [0, 0.1) is 0 Å². The fourth-order valence-electron chi connectivity index (χ4n) is 5.24. The van der Waals surface area contributed by atoms with Gasteiger partial charge in [-0.3, -0.25) is 13.9 Å². The van der Waals surface area contributed by atoms with E-state index in [9.17, 15) is 18.0 Å². The first-order valence-corrected chi connectivity index (χ1v) is 17.0. The summed E-state index contributed by atoms with van der Waals surface area (Å²) >= 11 is 9.75. The van der Waals surface area contributed by atoms with Crippen LogP contribution in [0.25, 0.3) is 0 Å². The van der Waals surface area contributed by atoms with Gasteiger partial charge in [-0.05, 0) is 67.8 Å². The summed E-state index contributed by atoms with van der Waals surface area (Å²) in [5.74, 6) is -0.193. The lowest BCUT2D eigenvalue weighted by molar-refractivity contribution is -0.139. The fraction of sp³-hybridized carbons (Fsp3) is 0.375. The zero-order valence-corrected chi connectivity index (χ0v) is 28.7. The van der Waals surface area contributed by atoms with Gasteiger partial charge in [0.25, 0.3) is 10.0 Å². The van der Waals surface area contributed by atoms with Gasteiger partial charge in [0, 0.05) is 28.1 Å². The smallest absolute Gasteiger partial charge is 0.265 e. The molecule has 242 valence electrons. The van der Waals surface area contributed by atoms with Crippen LogP contribution in [-0.4, -0.2) is 65.1 Å². The summed E-state index contributed by atoms with van der Waals surface area (Å²) < 4.78 is 46.6. The molecule has 4 rings (SSSR count). The first-order valence-electron chi connectivity index (χ1n) is 14.4. The molecule has 0 saturated heterocycles. The number of amides is 2. The van der Waals surface area contributed by atoms with E-state index in [0.717, 1.165) is 40.0 Å². The van der Waals surface area contributed by atoms with Crippen molar-refractivity contribution in [1.82, 2.24) is 10.2 Å². The zero-order chi connectivity index (χ0) is 32.7. The van der Waals surface area contributed by atoms with Gasteiger partial charge in [0.2, 0.25) is 11.8 Å². The number of methoxy groups -OCH3 is 3. The monoisotopic (exact) mass is 721 g/mol. The Morgan fingerprint density at radius 2 is 1.56 bits per heavy atom. The number of carbonyl (C=O) groups is 2. The van der Waals surface area contributed by atoms with Crippen molar-refractivity contribution in [2.24, 2.45) is 0 Å². The van der Waals surface area contributed by atoms with Gasteiger partial charge in [-0.15, -0.1) is 0 Å². The van der Waals surface area contributed by atoms with Crippen molar-refractivity contribution in [3.05, 3.63) is 75.7 Å². The van der Waals surface area contributed by atoms with Crippen molar-refractivity contribution in [1.29, 1.82) is 0 Å². The highest BCUT2D eigenvalue weighted by Gasteiger charge is 2.35. The van der Waals surface area contributed by atoms with E-state index >= 15 is 0 Å². The summed E-state index contributed by atoms with van der Waals surface area (Å²) in [6.45, 7) is 1.07. The highest BCUT2D eigenvalue weighted by Crippen LogP contribution is 2.37. The van der Waals surface area contributed by atoms with Crippen LogP contribution in [0.5, 0.6) is 17.2 Å². The van der Waals surface area contributed by atoms with E-state index in [0.29, 0.717) is 5.75 Å². The lowest BCUT2D eigenvalue weighted by Crippen LogP contribution is -2.52. The van der Waals surface area contributed by atoms with Crippen LogP contribution in [0.3, 0.4) is 0 Å². The highest BCUT2D eigenvalue weighted by molar-refractivity contribution is 9.10. The molecule has 0 heterocycles. The highest BCUT2D eigenvalue weighted by atomic mass is 79.9. The lowest BCUT2D eigenvalue weighted by atomic mass is 10.1. The largest absolute Gasteiger partial charge is 0.495 e. The van der Waals surface area contributed by atoms with Gasteiger partial charge < -0.3 is 24.4 Å². The molecule has 45 heavy (non-hydrogen) atoms. The molecule has 3 aromatic rings. The Labute approximate surface area is 277 Å². The van der Waals surface area contributed by atoms with E-state index in [2.05, 4.69) is 21.2 Å². The first kappa shape index (κ1) is 34.4. The number of hydrogen-bond acceptors (Lipinski definition) is 7. The Bertz CT molecular complexity index is 1620. The molecule has 1 aliphatic rings. The normalized spacial score (nSPS) is 14.0. The molecule has 1 saturated carbocycles. The van der Waals surface area contributed by atoms with Gasteiger partial charge in [-0.1, -0.05) is 52.5 Å². The zero-order valence-electron chi connectivity index (χ0n) is 25.6. The number of anilines is 1. The molecule has 1 fully saturated rings. The maximum Gasteiger partial charge on any atom is 0.265 e. The third kappa shape index (κ3) is 8.22. The molecule has 1 atom stereocenters. The minimum Gasteiger partial charge on any atom is -0.495 e. The first-order chi connectivity index (χ1) is 21.5. The standard InChI is InChI=1S/C32H37BrClN3O7S/c1-21(32(39)35-25-7-5-6-8-25)36(19-22-9-11-23(33)12-10-22)31(38)20-37(27-17-24(34)13-15-28(27)42-2)45(40,41)26-14-16-29(43-3)30(18-26)44-4/h9-18,21,25H,5-8,19-20H2,1-4H3,(H,35,39). The van der Waals surface area contributed by atoms with Crippen LogP contribution in [0.1, 0.15) is 38.2 Å². The van der Waals surface area contributed by atoms with Gasteiger partial charge >= 0.3 is 0 Å². The Hall–Kier alpha value is -3.48. The van der Waals surface area contributed by atoms with E-state index in [1.54, 1.807) is 13.0 Å². The molecule has 0 radical (unpaired) electrons. The van der Waals surface area contributed by atoms with Gasteiger partial charge in [-0.2, -0.15) is 0 Å². The second-order valence-electron chi connectivity index (χ2n) is 10.7. The van der Waals surface area contributed by atoms with Crippen molar-refractivity contribution in [2.75, 3.05) is 32.2 Å². The van der Waals surface area contributed by atoms with Crippen LogP contribution in [0.15, 0.2) is 70.0 Å². The number of halogens is 2. The molecule has 0 aliphatic heterocycles.